The van der Waals surface area contributed by atoms with Crippen molar-refractivity contribution in [2.45, 2.75) is 10.1 Å². The van der Waals surface area contributed by atoms with Gasteiger partial charge in [0.05, 0.1) is 9.82 Å². The number of nitro benzene ring substituents is 1. The quantitative estimate of drug-likeness (QED) is 0.500. The van der Waals surface area contributed by atoms with Gasteiger partial charge in [-0.15, -0.1) is 0 Å². The van der Waals surface area contributed by atoms with Gasteiger partial charge in [0, 0.05) is 6.07 Å². The first kappa shape index (κ1) is 13.0. The van der Waals surface area contributed by atoms with E-state index in [1.54, 1.807) is 0 Å². The average Bonchev–Trinajstić information content (AvgIpc) is 2.26. The molecule has 0 radical (unpaired) electrons. The molecule has 0 saturated heterocycles. The molecule has 7 nitrogen and oxygen atoms in total. The molecule has 0 amide bonds. The molecular formula is C10H8FN5O2S. The molecule has 0 aliphatic carbocycles. The van der Waals surface area contributed by atoms with Gasteiger partial charge in [-0.25, -0.2) is 9.97 Å². The van der Waals surface area contributed by atoms with Crippen molar-refractivity contribution in [1.29, 1.82) is 0 Å². The highest BCUT2D eigenvalue weighted by atomic mass is 32.2. The van der Waals surface area contributed by atoms with Gasteiger partial charge in [-0.2, -0.15) is 4.39 Å². The summed E-state index contributed by atoms with van der Waals surface area (Å²) in [6, 6.07) is 5.12. The van der Waals surface area contributed by atoms with Crippen molar-refractivity contribution in [3.8, 4) is 0 Å². The molecule has 0 aliphatic rings. The second kappa shape index (κ2) is 5.06. The van der Waals surface area contributed by atoms with Crippen molar-refractivity contribution in [3.63, 3.8) is 0 Å². The molecular weight excluding hydrogens is 273 g/mol. The number of nitro groups is 1. The van der Waals surface area contributed by atoms with Crippen molar-refractivity contribution in [1.82, 2.24) is 9.97 Å². The summed E-state index contributed by atoms with van der Waals surface area (Å²) in [5.74, 6) is -0.657. The monoisotopic (exact) mass is 281 g/mol. The van der Waals surface area contributed by atoms with E-state index < -0.39 is 16.4 Å². The first-order chi connectivity index (χ1) is 8.97. The van der Waals surface area contributed by atoms with E-state index >= 15 is 0 Å². The zero-order chi connectivity index (χ0) is 14.0. The van der Waals surface area contributed by atoms with Crippen LogP contribution in [0.25, 0.3) is 0 Å². The Bertz CT molecular complexity index is 632. The van der Waals surface area contributed by atoms with E-state index in [0.29, 0.717) is 0 Å². The minimum atomic E-state index is -0.924. The molecule has 1 aromatic heterocycles. The predicted molar refractivity (Wildman–Crippen MR) is 68.0 cm³/mol. The van der Waals surface area contributed by atoms with Gasteiger partial charge >= 0.3 is 5.69 Å². The molecule has 9 heteroatoms. The number of halogens is 1. The molecule has 1 aromatic carbocycles. The Kier molecular flexibility index (Phi) is 3.47. The summed E-state index contributed by atoms with van der Waals surface area (Å²) < 4.78 is 13.4. The summed E-state index contributed by atoms with van der Waals surface area (Å²) in [5.41, 5.74) is 10.3. The third-order valence-electron chi connectivity index (χ3n) is 2.08. The Hall–Kier alpha value is -2.42. The molecule has 0 saturated carbocycles. The number of nitrogen functional groups attached to an aromatic ring is 2. The molecule has 2 rings (SSSR count). The molecule has 2 aromatic rings. The van der Waals surface area contributed by atoms with Crippen molar-refractivity contribution >= 4 is 29.1 Å². The van der Waals surface area contributed by atoms with Gasteiger partial charge in [-0.1, -0.05) is 6.07 Å². The summed E-state index contributed by atoms with van der Waals surface area (Å²) >= 11 is 0.821. The molecule has 0 spiro atoms. The highest BCUT2D eigenvalue weighted by molar-refractivity contribution is 7.99. The van der Waals surface area contributed by atoms with Crippen LogP contribution in [0.1, 0.15) is 0 Å². The normalized spacial score (nSPS) is 10.4. The SMILES string of the molecule is Nc1cc(N)nc(Sc2cccc(F)c2[N+](=O)[O-])n1. The number of hydrogen-bond acceptors (Lipinski definition) is 7. The number of nitrogens with zero attached hydrogens (tertiary/aromatic N) is 3. The topological polar surface area (TPSA) is 121 Å². The Labute approximate surface area is 111 Å². The molecule has 1 heterocycles. The van der Waals surface area contributed by atoms with Crippen LogP contribution in [0.4, 0.5) is 21.7 Å². The van der Waals surface area contributed by atoms with Crippen LogP contribution in [0, 0.1) is 15.9 Å². The minimum absolute atomic E-state index is 0.0787. The Balaban J connectivity index is 2.43. The van der Waals surface area contributed by atoms with Crippen molar-refractivity contribution < 1.29 is 9.31 Å². The summed E-state index contributed by atoms with van der Waals surface area (Å²) in [4.78, 5) is 17.8. The summed E-state index contributed by atoms with van der Waals surface area (Å²) in [5, 5.41) is 10.9. The van der Waals surface area contributed by atoms with Gasteiger partial charge in [0.15, 0.2) is 5.16 Å². The largest absolute Gasteiger partial charge is 0.383 e. The van der Waals surface area contributed by atoms with E-state index in [2.05, 4.69) is 9.97 Å². The third kappa shape index (κ3) is 2.88. The lowest BCUT2D eigenvalue weighted by atomic mass is 10.3. The van der Waals surface area contributed by atoms with Crippen molar-refractivity contribution in [2.75, 3.05) is 11.5 Å². The predicted octanol–water partition coefficient (Wildman–Crippen LogP) is 1.84. The maximum absolute atomic E-state index is 13.4. The van der Waals surface area contributed by atoms with Crippen molar-refractivity contribution in [3.05, 3.63) is 40.2 Å². The number of benzene rings is 1. The van der Waals surface area contributed by atoms with E-state index in [1.807, 2.05) is 0 Å². The van der Waals surface area contributed by atoms with Crippen LogP contribution >= 0.6 is 11.8 Å². The summed E-state index contributed by atoms with van der Waals surface area (Å²) in [7, 11) is 0. The van der Waals surface area contributed by atoms with Gasteiger partial charge in [0.1, 0.15) is 11.6 Å². The fraction of sp³-hybridized carbons (Fsp3) is 0. The maximum Gasteiger partial charge on any atom is 0.318 e. The summed E-state index contributed by atoms with van der Waals surface area (Å²) in [6.45, 7) is 0. The molecule has 98 valence electrons. The molecule has 0 fully saturated rings. The molecule has 0 atom stereocenters. The van der Waals surface area contributed by atoms with E-state index in [9.17, 15) is 14.5 Å². The zero-order valence-electron chi connectivity index (χ0n) is 9.41. The number of para-hydroxylation sites is 1. The van der Waals surface area contributed by atoms with Crippen LogP contribution in [-0.4, -0.2) is 14.9 Å². The van der Waals surface area contributed by atoms with Crippen LogP contribution in [0.5, 0.6) is 0 Å². The van der Waals surface area contributed by atoms with Gasteiger partial charge in [0.25, 0.3) is 0 Å². The molecule has 0 unspecified atom stereocenters. The van der Waals surface area contributed by atoms with Crippen molar-refractivity contribution in [2.24, 2.45) is 0 Å². The Morgan fingerprint density at radius 1 is 1.26 bits per heavy atom. The fourth-order valence-electron chi connectivity index (χ4n) is 1.36. The number of anilines is 2. The first-order valence-corrected chi connectivity index (χ1v) is 5.80. The van der Waals surface area contributed by atoms with E-state index in [4.69, 9.17) is 11.5 Å². The second-order valence-electron chi connectivity index (χ2n) is 3.45. The van der Waals surface area contributed by atoms with Crippen LogP contribution in [-0.2, 0) is 0 Å². The van der Waals surface area contributed by atoms with E-state index in [-0.39, 0.29) is 21.7 Å². The van der Waals surface area contributed by atoms with Gasteiger partial charge in [-0.05, 0) is 23.9 Å². The highest BCUT2D eigenvalue weighted by Gasteiger charge is 2.21. The second-order valence-corrected chi connectivity index (χ2v) is 4.46. The fourth-order valence-corrected chi connectivity index (χ4v) is 2.28. The minimum Gasteiger partial charge on any atom is -0.383 e. The standard InChI is InChI=1S/C10H8FN5O2S/c11-5-2-1-3-6(9(5)16(17)18)19-10-14-7(12)4-8(13)15-10/h1-4H,(H4,12,13,14,15). The summed E-state index contributed by atoms with van der Waals surface area (Å²) in [6.07, 6.45) is 0. The van der Waals surface area contributed by atoms with E-state index in [0.717, 1.165) is 17.8 Å². The lowest BCUT2D eigenvalue weighted by Gasteiger charge is -2.04. The van der Waals surface area contributed by atoms with Crippen LogP contribution in [0.3, 0.4) is 0 Å². The highest BCUT2D eigenvalue weighted by Crippen LogP contribution is 2.35. The van der Waals surface area contributed by atoms with Crippen LogP contribution in [0.2, 0.25) is 0 Å². The maximum atomic E-state index is 13.4. The van der Waals surface area contributed by atoms with Gasteiger partial charge in [-0.3, -0.25) is 10.1 Å². The molecule has 0 aliphatic heterocycles. The lowest BCUT2D eigenvalue weighted by molar-refractivity contribution is -0.390. The van der Waals surface area contributed by atoms with E-state index in [1.165, 1.54) is 18.2 Å². The smallest absolute Gasteiger partial charge is 0.318 e. The van der Waals surface area contributed by atoms with Gasteiger partial charge in [0.2, 0.25) is 5.82 Å². The first-order valence-electron chi connectivity index (χ1n) is 4.98. The Morgan fingerprint density at radius 2 is 1.89 bits per heavy atom. The molecule has 0 bridgehead atoms. The van der Waals surface area contributed by atoms with Crippen LogP contribution in [0.15, 0.2) is 34.3 Å². The third-order valence-corrected chi connectivity index (χ3v) is 2.99. The van der Waals surface area contributed by atoms with Crippen LogP contribution < -0.4 is 11.5 Å². The molecule has 19 heavy (non-hydrogen) atoms. The number of aromatic nitrogens is 2. The van der Waals surface area contributed by atoms with Gasteiger partial charge < -0.3 is 11.5 Å². The number of rotatable bonds is 3. The Morgan fingerprint density at radius 3 is 2.47 bits per heavy atom. The number of hydrogen-bond donors (Lipinski definition) is 2. The lowest BCUT2D eigenvalue weighted by Crippen LogP contribution is -2.00. The average molecular weight is 281 g/mol. The molecule has 4 N–H and O–H groups in total. The number of nitrogens with two attached hydrogens (primary N) is 2. The zero-order valence-corrected chi connectivity index (χ0v) is 10.2.